The van der Waals surface area contributed by atoms with E-state index in [-0.39, 0.29) is 18.2 Å². The molecule has 0 fully saturated rings. The minimum Gasteiger partial charge on any atom is -0.406 e. The van der Waals surface area contributed by atoms with Gasteiger partial charge < -0.3 is 15.0 Å². The summed E-state index contributed by atoms with van der Waals surface area (Å²) in [5, 5.41) is 2.73. The van der Waals surface area contributed by atoms with Crippen molar-refractivity contribution < 1.29 is 22.7 Å². The zero-order valence-corrected chi connectivity index (χ0v) is 17.0. The van der Waals surface area contributed by atoms with Crippen LogP contribution in [0.3, 0.4) is 0 Å². The molecule has 0 aromatic heterocycles. The Morgan fingerprint density at radius 2 is 1.97 bits per heavy atom. The smallest absolute Gasteiger partial charge is 0.406 e. The second-order valence-corrected chi connectivity index (χ2v) is 6.84. The molecule has 0 bridgehead atoms. The summed E-state index contributed by atoms with van der Waals surface area (Å²) >= 11 is 0. The fourth-order valence-electron chi connectivity index (χ4n) is 2.65. The molecule has 7 heteroatoms. The van der Waals surface area contributed by atoms with Crippen LogP contribution in [0.4, 0.5) is 13.2 Å². The molecule has 1 aliphatic heterocycles. The number of alkyl halides is 3. The molecular weight excluding hydrogens is 393 g/mol. The highest BCUT2D eigenvalue weighted by Gasteiger charge is 2.31. The lowest BCUT2D eigenvalue weighted by atomic mass is 9.97. The van der Waals surface area contributed by atoms with Crippen molar-refractivity contribution in [3.8, 4) is 5.75 Å². The van der Waals surface area contributed by atoms with Crippen LogP contribution in [0.2, 0.25) is 0 Å². The van der Waals surface area contributed by atoms with Crippen LogP contribution in [0.5, 0.6) is 5.75 Å². The Labute approximate surface area is 174 Å². The van der Waals surface area contributed by atoms with Gasteiger partial charge in [-0.3, -0.25) is 4.79 Å². The van der Waals surface area contributed by atoms with E-state index in [4.69, 9.17) is 0 Å². The number of nitrogens with zero attached hydrogens (tertiary/aromatic N) is 1. The van der Waals surface area contributed by atoms with E-state index in [2.05, 4.69) is 37.1 Å². The van der Waals surface area contributed by atoms with Crippen molar-refractivity contribution in [2.45, 2.75) is 26.6 Å². The van der Waals surface area contributed by atoms with Gasteiger partial charge in [-0.1, -0.05) is 51.6 Å². The molecular formula is C23H25F3N2O2. The predicted octanol–water partition coefficient (Wildman–Crippen LogP) is 5.54. The minimum atomic E-state index is -4.74. The average molecular weight is 418 g/mol. The van der Waals surface area contributed by atoms with Crippen molar-refractivity contribution in [1.29, 1.82) is 0 Å². The summed E-state index contributed by atoms with van der Waals surface area (Å²) in [4.78, 5) is 13.4. The molecule has 0 saturated heterocycles. The molecule has 1 heterocycles. The first-order chi connectivity index (χ1) is 14.1. The van der Waals surface area contributed by atoms with Crippen LogP contribution in [-0.2, 0) is 4.79 Å². The van der Waals surface area contributed by atoms with Gasteiger partial charge in [0.05, 0.1) is 0 Å². The maximum Gasteiger partial charge on any atom is 0.573 e. The van der Waals surface area contributed by atoms with Crippen molar-refractivity contribution >= 4 is 11.5 Å². The van der Waals surface area contributed by atoms with Gasteiger partial charge in [0.1, 0.15) is 5.75 Å². The molecule has 30 heavy (non-hydrogen) atoms. The molecule has 1 aromatic rings. The standard InChI is InChI=1S/C23H25F3N2O2/c1-5-16(3)11-12-28-15-18(14-27-22(29)6-2)13-21(17(28)4)19-7-9-20(10-8-19)30-23(24,25)26/h6-13,15-16H,2,4-5,14H2,1,3H3,(H,27,29)/b12-11-. The van der Waals surface area contributed by atoms with Crippen LogP contribution in [0, 0.1) is 5.92 Å². The summed E-state index contributed by atoms with van der Waals surface area (Å²) in [6.45, 7) is 12.0. The first kappa shape index (κ1) is 23.1. The van der Waals surface area contributed by atoms with Crippen LogP contribution in [0.1, 0.15) is 25.8 Å². The monoisotopic (exact) mass is 418 g/mol. The van der Waals surface area contributed by atoms with Crippen molar-refractivity contribution in [2.24, 2.45) is 5.92 Å². The minimum absolute atomic E-state index is 0.268. The number of carbonyl (C=O) groups is 1. The van der Waals surface area contributed by atoms with E-state index in [1.807, 2.05) is 29.5 Å². The summed E-state index contributed by atoms with van der Waals surface area (Å²) in [7, 11) is 0. The fourth-order valence-corrected chi connectivity index (χ4v) is 2.65. The molecule has 0 radical (unpaired) electrons. The maximum absolute atomic E-state index is 12.4. The second kappa shape index (κ2) is 10.0. The molecule has 0 aliphatic carbocycles. The van der Waals surface area contributed by atoms with Gasteiger partial charge in [0.2, 0.25) is 5.91 Å². The van der Waals surface area contributed by atoms with Gasteiger partial charge in [0, 0.05) is 30.2 Å². The van der Waals surface area contributed by atoms with Gasteiger partial charge >= 0.3 is 6.36 Å². The zero-order chi connectivity index (χ0) is 22.3. The fraction of sp³-hybridized carbons (Fsp3) is 0.261. The van der Waals surface area contributed by atoms with E-state index >= 15 is 0 Å². The Bertz CT molecular complexity index is 881. The van der Waals surface area contributed by atoms with Crippen molar-refractivity contribution in [3.63, 3.8) is 0 Å². The number of halogens is 3. The number of ether oxygens (including phenoxy) is 1. The Hall–Kier alpha value is -3.22. The van der Waals surface area contributed by atoms with E-state index in [1.54, 1.807) is 12.1 Å². The predicted molar refractivity (Wildman–Crippen MR) is 112 cm³/mol. The number of carbonyl (C=O) groups excluding carboxylic acids is 1. The van der Waals surface area contributed by atoms with E-state index in [1.165, 1.54) is 18.2 Å². The van der Waals surface area contributed by atoms with E-state index in [9.17, 15) is 18.0 Å². The van der Waals surface area contributed by atoms with Crippen LogP contribution in [-0.4, -0.2) is 23.7 Å². The molecule has 1 atom stereocenters. The van der Waals surface area contributed by atoms with Crippen molar-refractivity contribution in [3.05, 3.63) is 84.9 Å². The molecule has 0 saturated carbocycles. The first-order valence-corrected chi connectivity index (χ1v) is 9.47. The first-order valence-electron chi connectivity index (χ1n) is 9.47. The quantitative estimate of drug-likeness (QED) is 0.564. The second-order valence-electron chi connectivity index (χ2n) is 6.84. The summed E-state index contributed by atoms with van der Waals surface area (Å²) < 4.78 is 41.2. The SMILES string of the molecule is C=CC(=O)NCC1=CN(/C=C\C(C)CC)C(=C)C(c2ccc(OC(F)(F)F)cc2)=C1. The van der Waals surface area contributed by atoms with Gasteiger partial charge in [-0.15, -0.1) is 13.2 Å². The molecule has 2 rings (SSSR count). The number of hydrogen-bond acceptors (Lipinski definition) is 3. The summed E-state index contributed by atoms with van der Waals surface area (Å²) in [5.41, 5.74) is 2.87. The summed E-state index contributed by atoms with van der Waals surface area (Å²) in [6.07, 6.45) is 5.07. The molecule has 1 aliphatic rings. The third-order valence-corrected chi connectivity index (χ3v) is 4.53. The highest BCUT2D eigenvalue weighted by molar-refractivity contribution is 5.87. The molecule has 4 nitrogen and oxygen atoms in total. The number of rotatable bonds is 8. The molecule has 1 N–H and O–H groups in total. The number of allylic oxidation sites excluding steroid dienone is 2. The van der Waals surface area contributed by atoms with E-state index in [0.29, 0.717) is 17.2 Å². The largest absolute Gasteiger partial charge is 0.573 e. The van der Waals surface area contributed by atoms with Crippen molar-refractivity contribution in [1.82, 2.24) is 10.2 Å². The number of nitrogens with one attached hydrogen (secondary N) is 1. The molecule has 1 unspecified atom stereocenters. The Morgan fingerprint density at radius 1 is 1.30 bits per heavy atom. The van der Waals surface area contributed by atoms with Gasteiger partial charge in [0.25, 0.3) is 0 Å². The zero-order valence-electron chi connectivity index (χ0n) is 17.0. The maximum atomic E-state index is 12.4. The molecule has 1 amide bonds. The Morgan fingerprint density at radius 3 is 2.53 bits per heavy atom. The van der Waals surface area contributed by atoms with Gasteiger partial charge in [-0.05, 0) is 41.3 Å². The van der Waals surface area contributed by atoms with Crippen LogP contribution < -0.4 is 10.1 Å². The average Bonchev–Trinajstić information content (AvgIpc) is 2.70. The Balaban J connectivity index is 2.32. The number of hydrogen-bond donors (Lipinski definition) is 1. The normalized spacial score (nSPS) is 15.5. The molecule has 1 aromatic carbocycles. The van der Waals surface area contributed by atoms with E-state index < -0.39 is 6.36 Å². The third kappa shape index (κ3) is 6.69. The van der Waals surface area contributed by atoms with E-state index in [0.717, 1.165) is 17.6 Å². The summed E-state index contributed by atoms with van der Waals surface area (Å²) in [6, 6.07) is 5.60. The number of benzene rings is 1. The molecule has 160 valence electrons. The van der Waals surface area contributed by atoms with Gasteiger partial charge in [-0.2, -0.15) is 0 Å². The lowest BCUT2D eigenvalue weighted by molar-refractivity contribution is -0.274. The number of amides is 1. The highest BCUT2D eigenvalue weighted by atomic mass is 19.4. The third-order valence-electron chi connectivity index (χ3n) is 4.53. The summed E-state index contributed by atoms with van der Waals surface area (Å²) in [5.74, 6) is -0.232. The van der Waals surface area contributed by atoms with Gasteiger partial charge in [-0.25, -0.2) is 0 Å². The molecule has 0 spiro atoms. The lowest BCUT2D eigenvalue weighted by Crippen LogP contribution is -2.25. The van der Waals surface area contributed by atoms with Crippen LogP contribution >= 0.6 is 0 Å². The van der Waals surface area contributed by atoms with Crippen LogP contribution in [0.25, 0.3) is 5.57 Å². The van der Waals surface area contributed by atoms with Gasteiger partial charge in [0.15, 0.2) is 0 Å². The van der Waals surface area contributed by atoms with Crippen molar-refractivity contribution in [2.75, 3.05) is 6.54 Å². The highest BCUT2D eigenvalue weighted by Crippen LogP contribution is 2.33. The topological polar surface area (TPSA) is 41.6 Å². The van der Waals surface area contributed by atoms with Crippen LogP contribution in [0.15, 0.2) is 79.3 Å². The lowest BCUT2D eigenvalue weighted by Gasteiger charge is -2.27. The Kier molecular flexibility index (Phi) is 7.69.